The maximum absolute atomic E-state index is 5.60. The number of hydrogen-bond donors (Lipinski definition) is 0. The van der Waals surface area contributed by atoms with Gasteiger partial charge in [0.15, 0.2) is 0 Å². The van der Waals surface area contributed by atoms with E-state index in [0.29, 0.717) is 5.88 Å². The van der Waals surface area contributed by atoms with Crippen LogP contribution in [0.2, 0.25) is 0 Å². The highest BCUT2D eigenvalue weighted by Crippen LogP contribution is 2.21. The van der Waals surface area contributed by atoms with E-state index in [1.807, 2.05) is 24.3 Å². The Kier molecular flexibility index (Phi) is 3.57. The highest BCUT2D eigenvalue weighted by Gasteiger charge is 1.98. The van der Waals surface area contributed by atoms with E-state index in [-0.39, 0.29) is 0 Å². The molecule has 0 amide bonds. The molecule has 0 bridgehead atoms. The molecule has 0 atom stereocenters. The van der Waals surface area contributed by atoms with Crippen molar-refractivity contribution in [1.29, 1.82) is 0 Å². The Hall–Kier alpha value is -1.35. The fourth-order valence-corrected chi connectivity index (χ4v) is 1.57. The number of rotatable bonds is 3. The van der Waals surface area contributed by atoms with Gasteiger partial charge in [0, 0.05) is 16.7 Å². The first-order chi connectivity index (χ1) is 7.78. The van der Waals surface area contributed by atoms with Crippen LogP contribution in [-0.2, 0) is 6.42 Å². The first-order valence-electron chi connectivity index (χ1n) is 5.16. The summed E-state index contributed by atoms with van der Waals surface area (Å²) in [6, 6.07) is 11.8. The molecule has 3 heteroatoms. The summed E-state index contributed by atoms with van der Waals surface area (Å²) in [6.07, 6.45) is 2.76. The number of aryl methyl sites for hydroxylation is 1. The lowest BCUT2D eigenvalue weighted by Crippen LogP contribution is -1.87. The Balaban J connectivity index is 2.11. The Morgan fingerprint density at radius 3 is 2.44 bits per heavy atom. The van der Waals surface area contributed by atoms with Crippen molar-refractivity contribution in [2.45, 2.75) is 13.3 Å². The Morgan fingerprint density at radius 1 is 1.12 bits per heavy atom. The second-order valence-corrected chi connectivity index (χ2v) is 4.33. The van der Waals surface area contributed by atoms with Crippen molar-refractivity contribution in [1.82, 2.24) is 4.98 Å². The Bertz CT molecular complexity index is 450. The SMILES string of the molecule is CCc1ccc(Oc2ccc(Br)cn2)cc1. The smallest absolute Gasteiger partial charge is 0.219 e. The summed E-state index contributed by atoms with van der Waals surface area (Å²) < 4.78 is 6.55. The van der Waals surface area contributed by atoms with E-state index >= 15 is 0 Å². The number of halogens is 1. The summed E-state index contributed by atoms with van der Waals surface area (Å²) in [5, 5.41) is 0. The molecule has 2 nitrogen and oxygen atoms in total. The zero-order valence-corrected chi connectivity index (χ0v) is 10.6. The van der Waals surface area contributed by atoms with Gasteiger partial charge in [0.05, 0.1) is 0 Å². The van der Waals surface area contributed by atoms with Crippen LogP contribution < -0.4 is 4.74 Å². The van der Waals surface area contributed by atoms with Crippen LogP contribution in [0.15, 0.2) is 47.1 Å². The summed E-state index contributed by atoms with van der Waals surface area (Å²) in [7, 11) is 0. The van der Waals surface area contributed by atoms with Crippen molar-refractivity contribution in [2.75, 3.05) is 0 Å². The summed E-state index contributed by atoms with van der Waals surface area (Å²) >= 11 is 3.33. The van der Waals surface area contributed by atoms with Crippen LogP contribution in [-0.4, -0.2) is 4.98 Å². The molecule has 0 aliphatic carbocycles. The average molecular weight is 278 g/mol. The largest absolute Gasteiger partial charge is 0.439 e. The standard InChI is InChI=1S/C13H12BrNO/c1-2-10-3-6-12(7-4-10)16-13-8-5-11(14)9-15-13/h3-9H,2H2,1H3. The van der Waals surface area contributed by atoms with Gasteiger partial charge in [0.2, 0.25) is 5.88 Å². The molecule has 0 aliphatic heterocycles. The van der Waals surface area contributed by atoms with Gasteiger partial charge in [-0.25, -0.2) is 4.98 Å². The molecule has 1 heterocycles. The van der Waals surface area contributed by atoms with Crippen molar-refractivity contribution >= 4 is 15.9 Å². The molecule has 0 spiro atoms. The summed E-state index contributed by atoms with van der Waals surface area (Å²) in [6.45, 7) is 2.13. The van der Waals surface area contributed by atoms with Crippen molar-refractivity contribution < 1.29 is 4.74 Å². The second-order valence-electron chi connectivity index (χ2n) is 3.41. The van der Waals surface area contributed by atoms with E-state index in [4.69, 9.17) is 4.74 Å². The minimum absolute atomic E-state index is 0.604. The maximum atomic E-state index is 5.60. The molecular formula is C13H12BrNO. The monoisotopic (exact) mass is 277 g/mol. The topological polar surface area (TPSA) is 22.1 Å². The molecule has 0 radical (unpaired) electrons. The number of benzene rings is 1. The molecule has 2 rings (SSSR count). The van der Waals surface area contributed by atoms with E-state index in [1.54, 1.807) is 6.20 Å². The lowest BCUT2D eigenvalue weighted by Gasteiger charge is -2.05. The van der Waals surface area contributed by atoms with E-state index in [1.165, 1.54) is 5.56 Å². The number of ether oxygens (including phenoxy) is 1. The molecule has 0 N–H and O–H groups in total. The van der Waals surface area contributed by atoms with E-state index < -0.39 is 0 Å². The predicted octanol–water partition coefficient (Wildman–Crippen LogP) is 4.20. The minimum atomic E-state index is 0.604. The lowest BCUT2D eigenvalue weighted by molar-refractivity contribution is 0.462. The molecule has 0 unspecified atom stereocenters. The zero-order chi connectivity index (χ0) is 11.4. The number of nitrogens with zero attached hydrogens (tertiary/aromatic N) is 1. The van der Waals surface area contributed by atoms with Gasteiger partial charge in [0.1, 0.15) is 5.75 Å². The van der Waals surface area contributed by atoms with Crippen molar-refractivity contribution in [3.63, 3.8) is 0 Å². The molecule has 1 aromatic heterocycles. The van der Waals surface area contributed by atoms with Gasteiger partial charge < -0.3 is 4.74 Å². The van der Waals surface area contributed by atoms with Crippen LogP contribution >= 0.6 is 15.9 Å². The molecular weight excluding hydrogens is 266 g/mol. The van der Waals surface area contributed by atoms with Crippen LogP contribution in [0.25, 0.3) is 0 Å². The van der Waals surface area contributed by atoms with E-state index in [0.717, 1.165) is 16.6 Å². The van der Waals surface area contributed by atoms with Gasteiger partial charge in [-0.3, -0.25) is 0 Å². The summed E-state index contributed by atoms with van der Waals surface area (Å²) in [4.78, 5) is 4.15. The molecule has 2 aromatic rings. The average Bonchev–Trinajstić information content (AvgIpc) is 2.33. The van der Waals surface area contributed by atoms with Crippen LogP contribution in [0.3, 0.4) is 0 Å². The summed E-state index contributed by atoms with van der Waals surface area (Å²) in [5.41, 5.74) is 1.30. The predicted molar refractivity (Wildman–Crippen MR) is 67.8 cm³/mol. The van der Waals surface area contributed by atoms with Gasteiger partial charge >= 0.3 is 0 Å². The summed E-state index contributed by atoms with van der Waals surface area (Å²) in [5.74, 6) is 1.42. The van der Waals surface area contributed by atoms with Gasteiger partial charge in [0.25, 0.3) is 0 Å². The van der Waals surface area contributed by atoms with Crippen LogP contribution in [0, 0.1) is 0 Å². The highest BCUT2D eigenvalue weighted by atomic mass is 79.9. The molecule has 0 saturated carbocycles. The van der Waals surface area contributed by atoms with E-state index in [2.05, 4.69) is 40.0 Å². The quantitative estimate of drug-likeness (QED) is 0.839. The third kappa shape index (κ3) is 2.83. The fourth-order valence-electron chi connectivity index (χ4n) is 1.34. The lowest BCUT2D eigenvalue weighted by atomic mass is 10.2. The van der Waals surface area contributed by atoms with Crippen LogP contribution in [0.5, 0.6) is 11.6 Å². The number of aromatic nitrogens is 1. The molecule has 16 heavy (non-hydrogen) atoms. The maximum Gasteiger partial charge on any atom is 0.219 e. The zero-order valence-electron chi connectivity index (χ0n) is 8.98. The molecule has 0 saturated heterocycles. The van der Waals surface area contributed by atoms with Gasteiger partial charge in [-0.2, -0.15) is 0 Å². The Morgan fingerprint density at radius 2 is 1.88 bits per heavy atom. The molecule has 82 valence electrons. The number of pyridine rings is 1. The van der Waals surface area contributed by atoms with Gasteiger partial charge in [-0.1, -0.05) is 19.1 Å². The molecule has 1 aromatic carbocycles. The minimum Gasteiger partial charge on any atom is -0.439 e. The van der Waals surface area contributed by atoms with Crippen molar-refractivity contribution in [2.24, 2.45) is 0 Å². The second kappa shape index (κ2) is 5.12. The fraction of sp³-hybridized carbons (Fsp3) is 0.154. The van der Waals surface area contributed by atoms with Crippen molar-refractivity contribution in [3.8, 4) is 11.6 Å². The normalized spacial score (nSPS) is 10.1. The van der Waals surface area contributed by atoms with Crippen LogP contribution in [0.4, 0.5) is 0 Å². The third-order valence-corrected chi connectivity index (χ3v) is 2.72. The molecule has 0 fully saturated rings. The first kappa shape index (κ1) is 11.1. The highest BCUT2D eigenvalue weighted by molar-refractivity contribution is 9.10. The third-order valence-electron chi connectivity index (χ3n) is 2.25. The Labute approximate surface area is 103 Å². The number of hydrogen-bond acceptors (Lipinski definition) is 2. The molecule has 0 aliphatic rings. The van der Waals surface area contributed by atoms with Crippen molar-refractivity contribution in [3.05, 3.63) is 52.6 Å². The van der Waals surface area contributed by atoms with Gasteiger partial charge in [-0.05, 0) is 46.1 Å². The first-order valence-corrected chi connectivity index (χ1v) is 5.95. The van der Waals surface area contributed by atoms with E-state index in [9.17, 15) is 0 Å². The van der Waals surface area contributed by atoms with Gasteiger partial charge in [-0.15, -0.1) is 0 Å². The van der Waals surface area contributed by atoms with Crippen LogP contribution in [0.1, 0.15) is 12.5 Å².